The summed E-state index contributed by atoms with van der Waals surface area (Å²) in [6, 6.07) is 0. The molecule has 0 saturated heterocycles. The van der Waals surface area contributed by atoms with E-state index in [-0.39, 0.29) is 6.42 Å². The smallest absolute Gasteiger partial charge is 0.364 e. The van der Waals surface area contributed by atoms with Crippen LogP contribution in [0, 0.1) is 0 Å². The van der Waals surface area contributed by atoms with Crippen molar-refractivity contribution >= 4 is 11.9 Å². The van der Waals surface area contributed by atoms with Crippen molar-refractivity contribution in [3.63, 3.8) is 0 Å². The maximum Gasteiger partial charge on any atom is 0.364 e. The Hall–Kier alpha value is -1.18. The first-order valence-corrected chi connectivity index (χ1v) is 5.24. The molecule has 0 bridgehead atoms. The van der Waals surface area contributed by atoms with Gasteiger partial charge in [0.15, 0.2) is 0 Å². The van der Waals surface area contributed by atoms with Crippen molar-refractivity contribution < 1.29 is 35.1 Å². The molecule has 0 radical (unpaired) electrons. The van der Waals surface area contributed by atoms with Crippen molar-refractivity contribution in [3.05, 3.63) is 0 Å². The molecule has 7 heteroatoms. The van der Waals surface area contributed by atoms with Crippen molar-refractivity contribution in [2.24, 2.45) is 0 Å². The molecule has 0 aliphatic carbocycles. The van der Waals surface area contributed by atoms with Gasteiger partial charge in [0.2, 0.25) is 0 Å². The van der Waals surface area contributed by atoms with E-state index in [9.17, 15) is 9.59 Å². The summed E-state index contributed by atoms with van der Waals surface area (Å²) in [5.74, 6) is -5.29. The van der Waals surface area contributed by atoms with Crippen LogP contribution in [0.1, 0.15) is 39.5 Å². The number of carboxylic acid groups (broad SMARTS) is 2. The molecule has 0 saturated carbocycles. The lowest BCUT2D eigenvalue weighted by molar-refractivity contribution is -0.205. The number of aliphatic hydroxyl groups is 3. The molecule has 0 rings (SSSR count). The molecule has 0 aliphatic heterocycles. The van der Waals surface area contributed by atoms with Crippen molar-refractivity contribution in [1.29, 1.82) is 0 Å². The minimum absolute atomic E-state index is 0.101. The number of aliphatic hydroxyl groups excluding tert-OH is 1. The molecule has 0 amide bonds. The van der Waals surface area contributed by atoms with Gasteiger partial charge in [0, 0.05) is 6.42 Å². The summed E-state index contributed by atoms with van der Waals surface area (Å²) in [6.45, 7) is 3.15. The van der Waals surface area contributed by atoms with E-state index in [2.05, 4.69) is 0 Å². The maximum atomic E-state index is 10.1. The second kappa shape index (κ2) is 8.91. The molecule has 0 spiro atoms. The molecule has 17 heavy (non-hydrogen) atoms. The van der Waals surface area contributed by atoms with Crippen LogP contribution >= 0.6 is 0 Å². The van der Waals surface area contributed by atoms with E-state index in [0.29, 0.717) is 6.42 Å². The minimum atomic E-state index is -2.53. The molecule has 102 valence electrons. The van der Waals surface area contributed by atoms with Gasteiger partial charge in [-0.3, -0.25) is 0 Å². The highest BCUT2D eigenvalue weighted by molar-refractivity contribution is 5.74. The monoisotopic (exact) mass is 252 g/mol. The summed E-state index contributed by atoms with van der Waals surface area (Å²) < 4.78 is 0. The molecule has 0 aromatic rings. The van der Waals surface area contributed by atoms with E-state index in [4.69, 9.17) is 25.5 Å². The van der Waals surface area contributed by atoms with Gasteiger partial charge in [-0.05, 0) is 13.3 Å². The lowest BCUT2D eigenvalue weighted by Crippen LogP contribution is -2.37. The Morgan fingerprint density at radius 2 is 1.59 bits per heavy atom. The molecule has 5 N–H and O–H groups in total. The van der Waals surface area contributed by atoms with Crippen LogP contribution in [0.5, 0.6) is 0 Å². The predicted molar refractivity (Wildman–Crippen MR) is 58.3 cm³/mol. The van der Waals surface area contributed by atoms with Crippen LogP contribution < -0.4 is 0 Å². The summed E-state index contributed by atoms with van der Waals surface area (Å²) in [4.78, 5) is 19.6. The zero-order valence-corrected chi connectivity index (χ0v) is 9.96. The second-order valence-electron chi connectivity index (χ2n) is 3.59. The SMILES string of the molecule is CC(O)C(=O)O.CCCCCC(O)(O)C(=O)O. The molecule has 0 aromatic carbocycles. The fraction of sp³-hybridized carbons (Fsp3) is 0.800. The van der Waals surface area contributed by atoms with Crippen LogP contribution in [-0.2, 0) is 9.59 Å². The molecule has 7 nitrogen and oxygen atoms in total. The van der Waals surface area contributed by atoms with Crippen molar-refractivity contribution in [1.82, 2.24) is 0 Å². The third-order valence-corrected chi connectivity index (χ3v) is 1.83. The third-order valence-electron chi connectivity index (χ3n) is 1.83. The van der Waals surface area contributed by atoms with E-state index in [1.807, 2.05) is 6.92 Å². The highest BCUT2D eigenvalue weighted by atomic mass is 16.5. The molecule has 0 aliphatic rings. The summed E-state index contributed by atoms with van der Waals surface area (Å²) in [6.07, 6.45) is 0.933. The Labute approximate surface area is 99.3 Å². The standard InChI is InChI=1S/C7H14O4.C3H6O3/c1-2-3-4-5-7(10,11)6(8)9;1-2(4)3(5)6/h10-11H,2-5H2,1H3,(H,8,9);2,4H,1H3,(H,5,6). The number of carbonyl (C=O) groups is 2. The van der Waals surface area contributed by atoms with E-state index in [1.54, 1.807) is 0 Å². The van der Waals surface area contributed by atoms with Gasteiger partial charge in [-0.25, -0.2) is 9.59 Å². The topological polar surface area (TPSA) is 135 Å². The highest BCUT2D eigenvalue weighted by Crippen LogP contribution is 2.11. The van der Waals surface area contributed by atoms with Crippen LogP contribution in [0.2, 0.25) is 0 Å². The first-order chi connectivity index (χ1) is 7.65. The minimum Gasteiger partial charge on any atom is -0.479 e. The zero-order valence-electron chi connectivity index (χ0n) is 9.96. The molecule has 1 atom stereocenters. The number of hydrogen-bond acceptors (Lipinski definition) is 5. The molecule has 0 heterocycles. The quantitative estimate of drug-likeness (QED) is 0.326. The largest absolute Gasteiger partial charge is 0.479 e. The number of rotatable bonds is 6. The van der Waals surface area contributed by atoms with Gasteiger partial charge >= 0.3 is 11.9 Å². The zero-order chi connectivity index (χ0) is 14.1. The fourth-order valence-electron chi connectivity index (χ4n) is 0.728. The molecule has 0 fully saturated rings. The lowest BCUT2D eigenvalue weighted by atomic mass is 10.1. The average Bonchev–Trinajstić information content (AvgIpc) is 2.18. The summed E-state index contributed by atoms with van der Waals surface area (Å²) in [5.41, 5.74) is 0. The van der Waals surface area contributed by atoms with Gasteiger partial charge in [-0.1, -0.05) is 19.8 Å². The van der Waals surface area contributed by atoms with E-state index >= 15 is 0 Å². The lowest BCUT2D eigenvalue weighted by Gasteiger charge is -2.15. The van der Waals surface area contributed by atoms with Gasteiger partial charge < -0.3 is 25.5 Å². The van der Waals surface area contributed by atoms with E-state index < -0.39 is 23.8 Å². The van der Waals surface area contributed by atoms with Gasteiger partial charge in [0.05, 0.1) is 0 Å². The first-order valence-electron chi connectivity index (χ1n) is 5.24. The Morgan fingerprint density at radius 1 is 1.18 bits per heavy atom. The maximum absolute atomic E-state index is 10.1. The van der Waals surface area contributed by atoms with Crippen LogP contribution in [-0.4, -0.2) is 49.4 Å². The average molecular weight is 252 g/mol. The van der Waals surface area contributed by atoms with Crippen molar-refractivity contribution in [2.45, 2.75) is 51.4 Å². The number of carboxylic acids is 2. The third kappa shape index (κ3) is 11.1. The number of aliphatic carboxylic acids is 2. The van der Waals surface area contributed by atoms with Crippen molar-refractivity contribution in [3.8, 4) is 0 Å². The molecular formula is C10H20O7. The van der Waals surface area contributed by atoms with Gasteiger partial charge in [0.25, 0.3) is 5.79 Å². The number of unbranched alkanes of at least 4 members (excludes halogenated alkanes) is 2. The fourth-order valence-corrected chi connectivity index (χ4v) is 0.728. The number of hydrogen-bond donors (Lipinski definition) is 5. The van der Waals surface area contributed by atoms with Crippen LogP contribution in [0.3, 0.4) is 0 Å². The Balaban J connectivity index is 0. The highest BCUT2D eigenvalue weighted by Gasteiger charge is 2.31. The van der Waals surface area contributed by atoms with Gasteiger partial charge in [0.1, 0.15) is 6.10 Å². The Bertz CT molecular complexity index is 235. The van der Waals surface area contributed by atoms with Gasteiger partial charge in [-0.2, -0.15) is 0 Å². The normalized spacial score (nSPS) is 12.3. The second-order valence-corrected chi connectivity index (χ2v) is 3.59. The molecule has 1 unspecified atom stereocenters. The predicted octanol–water partition coefficient (Wildman–Crippen LogP) is -0.216. The van der Waals surface area contributed by atoms with Crippen molar-refractivity contribution in [2.75, 3.05) is 0 Å². The summed E-state index contributed by atoms with van der Waals surface area (Å²) in [7, 11) is 0. The Morgan fingerprint density at radius 3 is 1.82 bits per heavy atom. The summed E-state index contributed by atoms with van der Waals surface area (Å²) >= 11 is 0. The summed E-state index contributed by atoms with van der Waals surface area (Å²) in [5, 5.41) is 41.6. The van der Waals surface area contributed by atoms with Crippen LogP contribution in [0.25, 0.3) is 0 Å². The first kappa shape index (κ1) is 18.2. The van der Waals surface area contributed by atoms with Crippen LogP contribution in [0.4, 0.5) is 0 Å². The molecular weight excluding hydrogens is 232 g/mol. The van der Waals surface area contributed by atoms with Crippen LogP contribution in [0.15, 0.2) is 0 Å². The van der Waals surface area contributed by atoms with E-state index in [0.717, 1.165) is 12.8 Å². The van der Waals surface area contributed by atoms with Gasteiger partial charge in [-0.15, -0.1) is 0 Å². The van der Waals surface area contributed by atoms with E-state index in [1.165, 1.54) is 6.92 Å². The molecule has 0 aromatic heterocycles. The Kier molecular flexibility index (Phi) is 9.54.